The maximum Gasteiger partial charge on any atom is 0.125 e. The molecule has 0 saturated carbocycles. The van der Waals surface area contributed by atoms with Gasteiger partial charge in [-0.15, -0.1) is 0 Å². The lowest BCUT2D eigenvalue weighted by molar-refractivity contribution is 0.792. The van der Waals surface area contributed by atoms with Gasteiger partial charge in [-0.3, -0.25) is 0 Å². The number of para-hydroxylation sites is 2. The fourth-order valence-corrected chi connectivity index (χ4v) is 7.82. The van der Waals surface area contributed by atoms with Gasteiger partial charge in [0.2, 0.25) is 0 Å². The van der Waals surface area contributed by atoms with Crippen molar-refractivity contribution < 1.29 is 0 Å². The highest BCUT2D eigenvalue weighted by Gasteiger charge is 2.51. The molecule has 2 nitrogen and oxygen atoms in total. The van der Waals surface area contributed by atoms with Crippen molar-refractivity contribution in [2.24, 2.45) is 0 Å². The lowest BCUT2D eigenvalue weighted by Crippen LogP contribution is -2.25. The van der Waals surface area contributed by atoms with Crippen molar-refractivity contribution in [3.63, 3.8) is 0 Å². The summed E-state index contributed by atoms with van der Waals surface area (Å²) in [6.07, 6.45) is 0.124. The summed E-state index contributed by atoms with van der Waals surface area (Å²) in [5.41, 5.74) is 16.8. The number of anilines is 2. The van der Waals surface area contributed by atoms with Gasteiger partial charge in [-0.25, -0.2) is 0 Å². The van der Waals surface area contributed by atoms with Crippen molar-refractivity contribution in [2.75, 3.05) is 17.3 Å². The van der Waals surface area contributed by atoms with Gasteiger partial charge in [0.05, 0.1) is 16.8 Å². The van der Waals surface area contributed by atoms with E-state index in [2.05, 4.69) is 157 Å². The Labute approximate surface area is 240 Å². The van der Waals surface area contributed by atoms with Crippen LogP contribution in [0.15, 0.2) is 140 Å². The van der Waals surface area contributed by atoms with Crippen LogP contribution in [0.2, 0.25) is 0 Å². The van der Waals surface area contributed by atoms with Gasteiger partial charge in [-0.2, -0.15) is 0 Å². The molecule has 1 unspecified atom stereocenters. The second-order valence-corrected chi connectivity index (χ2v) is 11.4. The Kier molecular flexibility index (Phi) is 4.55. The molecule has 194 valence electrons. The molecule has 1 spiro atoms. The number of hydrogen-bond acceptors (Lipinski definition) is 2. The molecule has 0 aromatic heterocycles. The molecule has 0 bridgehead atoms. The topological polar surface area (TPSA) is 15.3 Å². The van der Waals surface area contributed by atoms with Crippen LogP contribution in [0.4, 0.5) is 11.4 Å². The van der Waals surface area contributed by atoms with Crippen molar-refractivity contribution in [2.45, 2.75) is 11.6 Å². The summed E-state index contributed by atoms with van der Waals surface area (Å²) in [6, 6.07) is 51.6. The molecule has 1 heterocycles. The number of hydrogen-bond donors (Lipinski definition) is 1. The van der Waals surface area contributed by atoms with Gasteiger partial charge in [0, 0.05) is 7.05 Å². The highest BCUT2D eigenvalue weighted by atomic mass is 15.3. The molecule has 2 aliphatic carbocycles. The van der Waals surface area contributed by atoms with Crippen LogP contribution in [0.1, 0.15) is 34.0 Å². The lowest BCUT2D eigenvalue weighted by Gasteiger charge is -2.30. The average molecular weight is 525 g/mol. The third kappa shape index (κ3) is 2.87. The molecule has 0 amide bonds. The summed E-state index contributed by atoms with van der Waals surface area (Å²) in [5, 5.41) is 3.69. The van der Waals surface area contributed by atoms with Gasteiger partial charge < -0.3 is 10.2 Å². The summed E-state index contributed by atoms with van der Waals surface area (Å²) in [6.45, 7) is 0. The van der Waals surface area contributed by atoms with E-state index in [1.54, 1.807) is 0 Å². The van der Waals surface area contributed by atoms with Crippen molar-refractivity contribution in [3.05, 3.63) is 167 Å². The molecule has 6 aromatic rings. The van der Waals surface area contributed by atoms with Gasteiger partial charge >= 0.3 is 0 Å². The van der Waals surface area contributed by atoms with Crippen molar-refractivity contribution in [1.29, 1.82) is 0 Å². The van der Waals surface area contributed by atoms with E-state index in [4.69, 9.17) is 0 Å². The molecular weight excluding hydrogens is 496 g/mol. The Morgan fingerprint density at radius 2 is 1.05 bits per heavy atom. The van der Waals surface area contributed by atoms with Crippen LogP contribution in [-0.4, -0.2) is 7.05 Å². The van der Waals surface area contributed by atoms with Gasteiger partial charge in [0.25, 0.3) is 0 Å². The predicted octanol–water partition coefficient (Wildman–Crippen LogP) is 9.26. The summed E-state index contributed by atoms with van der Waals surface area (Å²) < 4.78 is 0. The van der Waals surface area contributed by atoms with Gasteiger partial charge in [0.1, 0.15) is 6.17 Å². The number of fused-ring (bicyclic) bond motifs is 11. The largest absolute Gasteiger partial charge is 0.360 e. The highest BCUT2D eigenvalue weighted by Crippen LogP contribution is 2.63. The first-order chi connectivity index (χ1) is 20.3. The Balaban J connectivity index is 1.23. The van der Waals surface area contributed by atoms with Crippen molar-refractivity contribution in [3.8, 4) is 33.4 Å². The van der Waals surface area contributed by atoms with Crippen LogP contribution in [0.25, 0.3) is 33.4 Å². The molecule has 1 atom stereocenters. The Hall–Kier alpha value is -5.08. The second-order valence-electron chi connectivity index (χ2n) is 11.4. The molecule has 2 heteroatoms. The maximum atomic E-state index is 3.69. The smallest absolute Gasteiger partial charge is 0.125 e. The molecule has 0 radical (unpaired) electrons. The van der Waals surface area contributed by atoms with Crippen LogP contribution in [0.3, 0.4) is 0 Å². The number of nitrogens with one attached hydrogen (secondary N) is 1. The summed E-state index contributed by atoms with van der Waals surface area (Å²) in [7, 11) is 2.16. The second kappa shape index (κ2) is 8.22. The standard InChI is InChI=1S/C39H28N2/c1-41-36-20-9-8-19-35(36)40-38(41)26-23-21-25(22-24-26)27-14-10-18-34-37(27)30-13-4-7-17-33(30)39(34)31-15-5-2-11-28(31)29-12-3-6-16-32(29)39/h2-24,38,40H,1H3. The minimum absolute atomic E-state index is 0.124. The molecule has 3 aliphatic rings. The third-order valence-corrected chi connectivity index (χ3v) is 9.52. The molecule has 41 heavy (non-hydrogen) atoms. The lowest BCUT2D eigenvalue weighted by atomic mass is 9.70. The predicted molar refractivity (Wildman–Crippen MR) is 169 cm³/mol. The quantitative estimate of drug-likeness (QED) is 0.242. The molecule has 1 aliphatic heterocycles. The molecule has 9 rings (SSSR count). The number of nitrogens with zero attached hydrogens (tertiary/aromatic N) is 1. The molecule has 0 fully saturated rings. The molecule has 6 aromatic carbocycles. The first kappa shape index (κ1) is 22.7. The van der Waals surface area contributed by atoms with Crippen molar-refractivity contribution in [1.82, 2.24) is 0 Å². The highest BCUT2D eigenvalue weighted by molar-refractivity contribution is 5.99. The van der Waals surface area contributed by atoms with Crippen molar-refractivity contribution >= 4 is 11.4 Å². The monoisotopic (exact) mass is 524 g/mol. The fourth-order valence-electron chi connectivity index (χ4n) is 7.82. The Morgan fingerprint density at radius 3 is 1.73 bits per heavy atom. The molecule has 0 saturated heterocycles. The Morgan fingerprint density at radius 1 is 0.512 bits per heavy atom. The summed E-state index contributed by atoms with van der Waals surface area (Å²) in [5.74, 6) is 0. The van der Waals surface area contributed by atoms with E-state index in [0.717, 1.165) is 0 Å². The molecular formula is C39H28N2. The van der Waals surface area contributed by atoms with E-state index in [-0.39, 0.29) is 11.6 Å². The normalized spacial score (nSPS) is 16.5. The minimum Gasteiger partial charge on any atom is -0.360 e. The first-order valence-electron chi connectivity index (χ1n) is 14.4. The average Bonchev–Trinajstić information content (AvgIpc) is 3.65. The third-order valence-electron chi connectivity index (χ3n) is 9.52. The zero-order chi connectivity index (χ0) is 27.1. The van der Waals surface area contributed by atoms with E-state index in [0.29, 0.717) is 0 Å². The van der Waals surface area contributed by atoms with E-state index in [1.807, 2.05) is 0 Å². The zero-order valence-corrected chi connectivity index (χ0v) is 22.8. The first-order valence-corrected chi connectivity index (χ1v) is 14.4. The molecule has 1 N–H and O–H groups in total. The van der Waals surface area contributed by atoms with Gasteiger partial charge in [-0.05, 0) is 73.3 Å². The Bertz CT molecular complexity index is 1960. The van der Waals surface area contributed by atoms with Crippen LogP contribution in [-0.2, 0) is 5.41 Å². The van der Waals surface area contributed by atoms with Crippen LogP contribution in [0, 0.1) is 0 Å². The van der Waals surface area contributed by atoms with Crippen LogP contribution < -0.4 is 10.2 Å². The SMILES string of the molecule is CN1c2ccccc2NC1c1ccc(-c2cccc3c2-c2ccccc2C32c3ccccc3-c3ccccc32)cc1. The van der Waals surface area contributed by atoms with Gasteiger partial charge in [-0.1, -0.05) is 127 Å². The summed E-state index contributed by atoms with van der Waals surface area (Å²) >= 11 is 0. The van der Waals surface area contributed by atoms with Crippen LogP contribution in [0.5, 0.6) is 0 Å². The van der Waals surface area contributed by atoms with E-state index in [9.17, 15) is 0 Å². The number of rotatable bonds is 2. The zero-order valence-electron chi connectivity index (χ0n) is 22.8. The van der Waals surface area contributed by atoms with E-state index >= 15 is 0 Å². The van der Waals surface area contributed by atoms with Crippen LogP contribution >= 0.6 is 0 Å². The fraction of sp³-hybridized carbons (Fsp3) is 0.0769. The minimum atomic E-state index is -0.308. The van der Waals surface area contributed by atoms with Gasteiger partial charge in [0.15, 0.2) is 0 Å². The van der Waals surface area contributed by atoms with E-state index in [1.165, 1.54) is 72.6 Å². The van der Waals surface area contributed by atoms with E-state index < -0.39 is 0 Å². The number of benzene rings is 6. The maximum absolute atomic E-state index is 3.69. The summed E-state index contributed by atoms with van der Waals surface area (Å²) in [4.78, 5) is 2.32.